The fourth-order valence-electron chi connectivity index (χ4n) is 3.01. The second-order valence-electron chi connectivity index (χ2n) is 5.58. The van der Waals surface area contributed by atoms with Crippen molar-refractivity contribution < 1.29 is 14.7 Å². The van der Waals surface area contributed by atoms with Crippen LogP contribution in [0.15, 0.2) is 6.07 Å². The van der Waals surface area contributed by atoms with Gasteiger partial charge in [-0.15, -0.1) is 0 Å². The summed E-state index contributed by atoms with van der Waals surface area (Å²) < 4.78 is 1.89. The van der Waals surface area contributed by atoms with E-state index in [9.17, 15) is 14.7 Å². The van der Waals surface area contributed by atoms with E-state index in [4.69, 9.17) is 0 Å². The lowest BCUT2D eigenvalue weighted by Gasteiger charge is -2.20. The van der Waals surface area contributed by atoms with Crippen LogP contribution in [0.1, 0.15) is 61.8 Å². The van der Waals surface area contributed by atoms with Crippen molar-refractivity contribution in [2.45, 2.75) is 58.5 Å². The largest absolute Gasteiger partial charge is 0.480 e. The number of carbonyl (C=O) groups excluding carboxylic acids is 1. The van der Waals surface area contributed by atoms with Crippen molar-refractivity contribution in [1.82, 2.24) is 14.7 Å². The third-order valence-corrected chi connectivity index (χ3v) is 4.23. The maximum Gasteiger partial charge on any atom is 0.326 e. The van der Waals surface area contributed by atoms with Gasteiger partial charge in [0, 0.05) is 12.2 Å². The highest BCUT2D eigenvalue weighted by Crippen LogP contribution is 2.22. The molecule has 0 aliphatic carbocycles. The molecule has 1 aromatic heterocycles. The van der Waals surface area contributed by atoms with Gasteiger partial charge in [0.25, 0.3) is 5.91 Å². The molecule has 6 nitrogen and oxygen atoms in total. The molecule has 1 aromatic rings. The summed E-state index contributed by atoms with van der Waals surface area (Å²) in [6, 6.07) is 1.33. The third kappa shape index (κ3) is 2.94. The second-order valence-corrected chi connectivity index (χ2v) is 5.58. The number of nitrogens with zero attached hydrogens (tertiary/aromatic N) is 3. The predicted octanol–water partition coefficient (Wildman–Crippen LogP) is 2.24. The molecule has 21 heavy (non-hydrogen) atoms. The summed E-state index contributed by atoms with van der Waals surface area (Å²) in [7, 11) is 0. The first-order valence-corrected chi connectivity index (χ1v) is 7.59. The molecule has 2 rings (SSSR count). The summed E-state index contributed by atoms with van der Waals surface area (Å²) >= 11 is 0. The summed E-state index contributed by atoms with van der Waals surface area (Å²) in [5.74, 6) is -1.20. The number of carboxylic acids is 1. The van der Waals surface area contributed by atoms with Gasteiger partial charge in [-0.05, 0) is 38.7 Å². The van der Waals surface area contributed by atoms with E-state index >= 15 is 0 Å². The average Bonchev–Trinajstić information content (AvgIpc) is 3.07. The lowest BCUT2D eigenvalue weighted by molar-refractivity contribution is -0.141. The van der Waals surface area contributed by atoms with Crippen molar-refractivity contribution in [2.24, 2.45) is 0 Å². The third-order valence-electron chi connectivity index (χ3n) is 4.23. The number of aromatic nitrogens is 2. The van der Waals surface area contributed by atoms with Crippen molar-refractivity contribution in [3.8, 4) is 0 Å². The highest BCUT2D eigenvalue weighted by Gasteiger charge is 2.35. The molecular weight excluding hydrogens is 270 g/mol. The Kier molecular flexibility index (Phi) is 4.65. The van der Waals surface area contributed by atoms with Crippen LogP contribution in [0.3, 0.4) is 0 Å². The van der Waals surface area contributed by atoms with Crippen LogP contribution in [-0.4, -0.2) is 44.3 Å². The molecule has 1 fully saturated rings. The van der Waals surface area contributed by atoms with Crippen LogP contribution in [0.25, 0.3) is 0 Å². The van der Waals surface area contributed by atoms with Crippen LogP contribution in [0.2, 0.25) is 0 Å². The monoisotopic (exact) mass is 293 g/mol. The zero-order valence-electron chi connectivity index (χ0n) is 12.9. The summed E-state index contributed by atoms with van der Waals surface area (Å²) in [6.07, 6.45) is 3.16. The van der Waals surface area contributed by atoms with Gasteiger partial charge in [0.15, 0.2) is 5.69 Å². The number of aliphatic carboxylic acids is 1. The highest BCUT2D eigenvalue weighted by molar-refractivity contribution is 5.95. The molecule has 0 aromatic carbocycles. The number of amides is 1. The first kappa shape index (κ1) is 15.5. The molecule has 1 atom stereocenters. The minimum atomic E-state index is -0.933. The minimum Gasteiger partial charge on any atom is -0.480 e. The normalized spacial score (nSPS) is 18.5. The number of carboxylic acid groups (broad SMARTS) is 1. The van der Waals surface area contributed by atoms with Gasteiger partial charge in [0.1, 0.15) is 6.04 Å². The maximum absolute atomic E-state index is 12.5. The Bertz CT molecular complexity index is 534. The molecule has 0 spiro atoms. The summed E-state index contributed by atoms with van der Waals surface area (Å²) in [6.45, 7) is 6.61. The van der Waals surface area contributed by atoms with Crippen molar-refractivity contribution in [1.29, 1.82) is 0 Å². The van der Waals surface area contributed by atoms with Crippen LogP contribution >= 0.6 is 0 Å². The van der Waals surface area contributed by atoms with Gasteiger partial charge in [-0.3, -0.25) is 9.48 Å². The molecule has 0 unspecified atom stereocenters. The molecule has 1 amide bonds. The minimum absolute atomic E-state index is 0.271. The predicted molar refractivity (Wildman–Crippen MR) is 78.3 cm³/mol. The molecule has 1 saturated heterocycles. The number of likely N-dealkylation sites (tertiary alicyclic amines) is 1. The van der Waals surface area contributed by atoms with E-state index in [0.717, 1.165) is 25.0 Å². The second kappa shape index (κ2) is 6.28. The first-order chi connectivity index (χ1) is 9.99. The van der Waals surface area contributed by atoms with Crippen molar-refractivity contribution >= 4 is 11.9 Å². The van der Waals surface area contributed by atoms with Gasteiger partial charge < -0.3 is 10.0 Å². The Labute approximate surface area is 124 Å². The van der Waals surface area contributed by atoms with Crippen LogP contribution in [-0.2, 0) is 4.79 Å². The van der Waals surface area contributed by atoms with Gasteiger partial charge >= 0.3 is 5.97 Å². The first-order valence-electron chi connectivity index (χ1n) is 7.59. The highest BCUT2D eigenvalue weighted by atomic mass is 16.4. The molecule has 0 radical (unpaired) electrons. The van der Waals surface area contributed by atoms with Crippen molar-refractivity contribution in [2.75, 3.05) is 6.54 Å². The molecule has 2 heterocycles. The lowest BCUT2D eigenvalue weighted by atomic mass is 10.2. The molecular formula is C15H23N3O3. The zero-order valence-corrected chi connectivity index (χ0v) is 12.9. The molecule has 1 N–H and O–H groups in total. The standard InChI is InChI=1S/C15H23N3O3/c1-4-11(5-2)18-10(3)9-12(16-18)14(19)17-8-6-7-13(17)15(20)21/h9,11,13H,4-8H2,1-3H3,(H,20,21)/t13-/m1/s1. The molecule has 0 saturated carbocycles. The van der Waals surface area contributed by atoms with Crippen LogP contribution in [0, 0.1) is 6.92 Å². The van der Waals surface area contributed by atoms with Crippen molar-refractivity contribution in [3.05, 3.63) is 17.5 Å². The van der Waals surface area contributed by atoms with E-state index in [1.54, 1.807) is 6.07 Å². The fraction of sp³-hybridized carbons (Fsp3) is 0.667. The number of hydrogen-bond acceptors (Lipinski definition) is 3. The van der Waals surface area contributed by atoms with Crippen LogP contribution in [0.5, 0.6) is 0 Å². The van der Waals surface area contributed by atoms with E-state index in [1.165, 1.54) is 4.90 Å². The molecule has 116 valence electrons. The van der Waals surface area contributed by atoms with Gasteiger partial charge in [0.05, 0.1) is 6.04 Å². The van der Waals surface area contributed by atoms with E-state index in [-0.39, 0.29) is 11.9 Å². The number of carbonyl (C=O) groups is 2. The van der Waals surface area contributed by atoms with Gasteiger partial charge in [-0.1, -0.05) is 13.8 Å². The molecule has 0 bridgehead atoms. The van der Waals surface area contributed by atoms with Gasteiger partial charge in [-0.2, -0.15) is 5.10 Å². The zero-order chi connectivity index (χ0) is 15.6. The Morgan fingerprint density at radius 1 is 1.43 bits per heavy atom. The Balaban J connectivity index is 2.24. The summed E-state index contributed by atoms with van der Waals surface area (Å²) in [4.78, 5) is 25.1. The molecule has 1 aliphatic heterocycles. The van der Waals surface area contributed by atoms with E-state index in [0.29, 0.717) is 18.7 Å². The number of rotatable bonds is 5. The fourth-order valence-corrected chi connectivity index (χ4v) is 3.01. The van der Waals surface area contributed by atoms with E-state index < -0.39 is 12.0 Å². The average molecular weight is 293 g/mol. The lowest BCUT2D eigenvalue weighted by Crippen LogP contribution is -2.40. The number of aryl methyl sites for hydroxylation is 1. The Hall–Kier alpha value is -1.85. The quantitative estimate of drug-likeness (QED) is 0.903. The maximum atomic E-state index is 12.5. The van der Waals surface area contributed by atoms with Crippen molar-refractivity contribution in [3.63, 3.8) is 0 Å². The van der Waals surface area contributed by atoms with Gasteiger partial charge in [0.2, 0.25) is 0 Å². The topological polar surface area (TPSA) is 75.4 Å². The van der Waals surface area contributed by atoms with Crippen LogP contribution < -0.4 is 0 Å². The Morgan fingerprint density at radius 2 is 2.10 bits per heavy atom. The summed E-state index contributed by atoms with van der Waals surface area (Å²) in [5, 5.41) is 13.6. The van der Waals surface area contributed by atoms with Crippen LogP contribution in [0.4, 0.5) is 0 Å². The molecule has 6 heteroatoms. The van der Waals surface area contributed by atoms with E-state index in [1.807, 2.05) is 11.6 Å². The summed E-state index contributed by atoms with van der Waals surface area (Å²) in [5.41, 5.74) is 1.30. The SMILES string of the molecule is CCC(CC)n1nc(C(=O)N2CCC[C@@H]2C(=O)O)cc1C. The van der Waals surface area contributed by atoms with E-state index in [2.05, 4.69) is 18.9 Å². The number of hydrogen-bond donors (Lipinski definition) is 1. The molecule has 1 aliphatic rings. The van der Waals surface area contributed by atoms with Gasteiger partial charge in [-0.25, -0.2) is 4.79 Å². The Morgan fingerprint density at radius 3 is 2.67 bits per heavy atom. The smallest absolute Gasteiger partial charge is 0.326 e.